The highest BCUT2D eigenvalue weighted by Crippen LogP contribution is 2.22. The summed E-state index contributed by atoms with van der Waals surface area (Å²) in [4.78, 5) is 11.4. The highest BCUT2D eigenvalue weighted by Gasteiger charge is 2.03. The van der Waals surface area contributed by atoms with Crippen LogP contribution in [0.5, 0.6) is 0 Å². The first-order chi connectivity index (χ1) is 8.13. The van der Waals surface area contributed by atoms with Crippen molar-refractivity contribution in [2.24, 2.45) is 0 Å². The molecular formula is C12H17BrN2O2. The second-order valence-electron chi connectivity index (χ2n) is 3.68. The number of methoxy groups -OCH3 is 1. The van der Waals surface area contributed by atoms with Gasteiger partial charge in [-0.2, -0.15) is 0 Å². The molecule has 0 aliphatic carbocycles. The van der Waals surface area contributed by atoms with Gasteiger partial charge in [0.2, 0.25) is 5.91 Å². The van der Waals surface area contributed by atoms with E-state index in [0.29, 0.717) is 13.2 Å². The Balaban J connectivity index is 2.37. The second-order valence-corrected chi connectivity index (χ2v) is 4.53. The van der Waals surface area contributed by atoms with Gasteiger partial charge in [0.25, 0.3) is 0 Å². The molecule has 0 atom stereocenters. The first-order valence-electron chi connectivity index (χ1n) is 5.39. The van der Waals surface area contributed by atoms with E-state index in [1.54, 1.807) is 7.11 Å². The van der Waals surface area contributed by atoms with Crippen molar-refractivity contribution in [1.82, 2.24) is 5.32 Å². The third kappa shape index (κ3) is 5.19. The molecule has 1 aromatic rings. The van der Waals surface area contributed by atoms with Gasteiger partial charge < -0.3 is 15.4 Å². The summed E-state index contributed by atoms with van der Waals surface area (Å²) in [6, 6.07) is 5.95. The molecule has 1 amide bonds. The standard InChI is InChI=1S/C12H17BrN2O2/c1-9-3-4-11(10(13)7-9)15-8-12(16)14-5-6-17-2/h3-4,7,15H,5-6,8H2,1-2H3,(H,14,16). The lowest BCUT2D eigenvalue weighted by Gasteiger charge is -2.09. The molecule has 1 aromatic carbocycles. The zero-order valence-electron chi connectivity index (χ0n) is 10.0. The SMILES string of the molecule is COCCNC(=O)CNc1ccc(C)cc1Br. The van der Waals surface area contributed by atoms with Crippen molar-refractivity contribution in [2.75, 3.05) is 32.1 Å². The van der Waals surface area contributed by atoms with Crippen LogP contribution in [0.4, 0.5) is 5.69 Å². The molecule has 2 N–H and O–H groups in total. The van der Waals surface area contributed by atoms with E-state index >= 15 is 0 Å². The van der Waals surface area contributed by atoms with Crippen molar-refractivity contribution in [3.05, 3.63) is 28.2 Å². The Hall–Kier alpha value is -1.07. The van der Waals surface area contributed by atoms with Crippen LogP contribution in [0.25, 0.3) is 0 Å². The fraction of sp³-hybridized carbons (Fsp3) is 0.417. The lowest BCUT2D eigenvalue weighted by atomic mass is 10.2. The number of carbonyl (C=O) groups is 1. The smallest absolute Gasteiger partial charge is 0.239 e. The molecule has 94 valence electrons. The summed E-state index contributed by atoms with van der Waals surface area (Å²) in [6.07, 6.45) is 0. The molecule has 5 heteroatoms. The maximum Gasteiger partial charge on any atom is 0.239 e. The predicted molar refractivity (Wildman–Crippen MR) is 72.3 cm³/mol. The number of benzene rings is 1. The highest BCUT2D eigenvalue weighted by atomic mass is 79.9. The van der Waals surface area contributed by atoms with Crippen LogP contribution in [-0.4, -0.2) is 32.7 Å². The van der Waals surface area contributed by atoms with E-state index in [-0.39, 0.29) is 12.5 Å². The number of rotatable bonds is 6. The molecule has 0 aromatic heterocycles. The van der Waals surface area contributed by atoms with Gasteiger partial charge in [0.15, 0.2) is 0 Å². The maximum atomic E-state index is 11.4. The van der Waals surface area contributed by atoms with Crippen LogP contribution >= 0.6 is 15.9 Å². The maximum absolute atomic E-state index is 11.4. The van der Waals surface area contributed by atoms with Gasteiger partial charge in [0.1, 0.15) is 0 Å². The van der Waals surface area contributed by atoms with E-state index in [2.05, 4.69) is 26.6 Å². The van der Waals surface area contributed by atoms with Gasteiger partial charge in [-0.25, -0.2) is 0 Å². The van der Waals surface area contributed by atoms with Crippen molar-refractivity contribution in [3.8, 4) is 0 Å². The summed E-state index contributed by atoms with van der Waals surface area (Å²) < 4.78 is 5.81. The summed E-state index contributed by atoms with van der Waals surface area (Å²) in [7, 11) is 1.60. The predicted octanol–water partition coefficient (Wildman–Crippen LogP) is 1.93. The molecule has 0 spiro atoms. The number of nitrogens with one attached hydrogen (secondary N) is 2. The molecule has 1 rings (SSSR count). The zero-order valence-corrected chi connectivity index (χ0v) is 11.6. The molecule has 0 heterocycles. The first-order valence-corrected chi connectivity index (χ1v) is 6.18. The monoisotopic (exact) mass is 300 g/mol. The van der Waals surface area contributed by atoms with Crippen LogP contribution < -0.4 is 10.6 Å². The fourth-order valence-corrected chi connectivity index (χ4v) is 1.93. The Bertz CT molecular complexity index is 383. The number of aryl methyl sites for hydroxylation is 1. The Morgan fingerprint density at radius 2 is 2.24 bits per heavy atom. The largest absolute Gasteiger partial charge is 0.383 e. The summed E-state index contributed by atoms with van der Waals surface area (Å²) in [5.74, 6) is -0.0467. The first kappa shape index (κ1) is 14.0. The molecule has 17 heavy (non-hydrogen) atoms. The molecule has 0 aliphatic rings. The molecule has 0 unspecified atom stereocenters. The van der Waals surface area contributed by atoms with Crippen LogP contribution in [0.2, 0.25) is 0 Å². The third-order valence-corrected chi connectivity index (χ3v) is 2.85. The number of amides is 1. The number of hydrogen-bond donors (Lipinski definition) is 2. The van der Waals surface area contributed by atoms with Crippen LogP contribution in [0.3, 0.4) is 0 Å². The quantitative estimate of drug-likeness (QED) is 0.789. The second kappa shape index (κ2) is 7.29. The van der Waals surface area contributed by atoms with E-state index < -0.39 is 0 Å². The zero-order chi connectivity index (χ0) is 12.7. The molecular weight excluding hydrogens is 284 g/mol. The normalized spacial score (nSPS) is 10.1. The lowest BCUT2D eigenvalue weighted by Crippen LogP contribution is -2.32. The minimum Gasteiger partial charge on any atom is -0.383 e. The summed E-state index contributed by atoms with van der Waals surface area (Å²) in [6.45, 7) is 3.34. The summed E-state index contributed by atoms with van der Waals surface area (Å²) in [5.41, 5.74) is 2.09. The Kier molecular flexibility index (Phi) is 6.00. The molecule has 0 radical (unpaired) electrons. The highest BCUT2D eigenvalue weighted by molar-refractivity contribution is 9.10. The fourth-order valence-electron chi connectivity index (χ4n) is 1.29. The Morgan fingerprint density at radius 3 is 2.88 bits per heavy atom. The van der Waals surface area contributed by atoms with Crippen LogP contribution in [-0.2, 0) is 9.53 Å². The topological polar surface area (TPSA) is 50.4 Å². The molecule has 0 aliphatic heterocycles. The van der Waals surface area contributed by atoms with Crippen molar-refractivity contribution >= 4 is 27.5 Å². The molecule has 0 saturated heterocycles. The average Bonchev–Trinajstić information content (AvgIpc) is 2.28. The number of carbonyl (C=O) groups excluding carboxylic acids is 1. The van der Waals surface area contributed by atoms with E-state index in [1.165, 1.54) is 5.56 Å². The van der Waals surface area contributed by atoms with Crippen molar-refractivity contribution in [2.45, 2.75) is 6.92 Å². The van der Waals surface area contributed by atoms with Crippen LogP contribution in [0, 0.1) is 6.92 Å². The van der Waals surface area contributed by atoms with E-state index in [0.717, 1.165) is 10.2 Å². The van der Waals surface area contributed by atoms with Gasteiger partial charge in [-0.1, -0.05) is 6.07 Å². The van der Waals surface area contributed by atoms with Crippen LogP contribution in [0.15, 0.2) is 22.7 Å². The van der Waals surface area contributed by atoms with Gasteiger partial charge in [-0.3, -0.25) is 4.79 Å². The number of ether oxygens (including phenoxy) is 1. The number of anilines is 1. The Morgan fingerprint density at radius 1 is 1.47 bits per heavy atom. The van der Waals surface area contributed by atoms with E-state index in [9.17, 15) is 4.79 Å². The molecule has 4 nitrogen and oxygen atoms in total. The van der Waals surface area contributed by atoms with Gasteiger partial charge in [-0.15, -0.1) is 0 Å². The van der Waals surface area contributed by atoms with E-state index in [1.807, 2.05) is 25.1 Å². The summed E-state index contributed by atoms with van der Waals surface area (Å²) in [5, 5.41) is 5.81. The third-order valence-electron chi connectivity index (χ3n) is 2.19. The van der Waals surface area contributed by atoms with Crippen molar-refractivity contribution in [3.63, 3.8) is 0 Å². The average molecular weight is 301 g/mol. The molecule has 0 saturated carbocycles. The number of hydrogen-bond acceptors (Lipinski definition) is 3. The molecule has 0 fully saturated rings. The van der Waals surface area contributed by atoms with E-state index in [4.69, 9.17) is 4.74 Å². The Labute approximate surface area is 110 Å². The number of halogens is 1. The van der Waals surface area contributed by atoms with Gasteiger partial charge in [0, 0.05) is 23.8 Å². The van der Waals surface area contributed by atoms with Crippen molar-refractivity contribution in [1.29, 1.82) is 0 Å². The minimum atomic E-state index is -0.0467. The minimum absolute atomic E-state index is 0.0467. The van der Waals surface area contributed by atoms with Crippen LogP contribution in [0.1, 0.15) is 5.56 Å². The van der Waals surface area contributed by atoms with Gasteiger partial charge >= 0.3 is 0 Å². The lowest BCUT2D eigenvalue weighted by molar-refractivity contribution is -0.119. The van der Waals surface area contributed by atoms with Crippen molar-refractivity contribution < 1.29 is 9.53 Å². The van der Waals surface area contributed by atoms with Gasteiger partial charge in [-0.05, 0) is 40.5 Å². The van der Waals surface area contributed by atoms with Gasteiger partial charge in [0.05, 0.1) is 13.2 Å². The molecule has 0 bridgehead atoms. The summed E-state index contributed by atoms with van der Waals surface area (Å²) >= 11 is 3.45.